The molecule has 0 saturated heterocycles. The van der Waals surface area contributed by atoms with Gasteiger partial charge in [0.05, 0.1) is 24.7 Å². The van der Waals surface area contributed by atoms with Crippen molar-refractivity contribution in [3.8, 4) is 0 Å². The molecule has 1 atom stereocenters. The highest BCUT2D eigenvalue weighted by Crippen LogP contribution is 2.32. The number of thiazole rings is 1. The maximum atomic E-state index is 12.5. The van der Waals surface area contributed by atoms with Gasteiger partial charge in [0.15, 0.2) is 4.96 Å². The lowest BCUT2D eigenvalue weighted by Gasteiger charge is -2.32. The van der Waals surface area contributed by atoms with Gasteiger partial charge in [0, 0.05) is 30.9 Å². The third kappa shape index (κ3) is 3.13. The van der Waals surface area contributed by atoms with E-state index in [1.807, 2.05) is 52.5 Å². The molecular formula is C19H18N4O2S. The SMILES string of the molecule is CC(=O)N1C=Cc2ccccc2C1CC(=O)NCc1cn2ccsc2n1. The fourth-order valence-corrected chi connectivity index (χ4v) is 3.93. The van der Waals surface area contributed by atoms with E-state index < -0.39 is 0 Å². The van der Waals surface area contributed by atoms with E-state index in [9.17, 15) is 9.59 Å². The van der Waals surface area contributed by atoms with Crippen molar-refractivity contribution in [2.75, 3.05) is 0 Å². The molecule has 3 aromatic rings. The van der Waals surface area contributed by atoms with Gasteiger partial charge in [-0.1, -0.05) is 24.3 Å². The highest BCUT2D eigenvalue weighted by molar-refractivity contribution is 7.15. The quantitative estimate of drug-likeness (QED) is 0.772. The zero-order chi connectivity index (χ0) is 18.1. The first-order valence-corrected chi connectivity index (χ1v) is 9.23. The topological polar surface area (TPSA) is 66.7 Å². The van der Waals surface area contributed by atoms with Gasteiger partial charge >= 0.3 is 0 Å². The van der Waals surface area contributed by atoms with Gasteiger partial charge in [-0.05, 0) is 17.2 Å². The first-order chi connectivity index (χ1) is 12.6. The number of nitrogens with zero attached hydrogens (tertiary/aromatic N) is 3. The van der Waals surface area contributed by atoms with Crippen molar-refractivity contribution in [3.63, 3.8) is 0 Å². The summed E-state index contributed by atoms with van der Waals surface area (Å²) in [6, 6.07) is 7.55. The minimum Gasteiger partial charge on any atom is -0.350 e. The molecular weight excluding hydrogens is 348 g/mol. The van der Waals surface area contributed by atoms with Crippen LogP contribution in [0.1, 0.15) is 36.2 Å². The molecule has 1 aromatic carbocycles. The van der Waals surface area contributed by atoms with Crippen LogP contribution < -0.4 is 5.32 Å². The summed E-state index contributed by atoms with van der Waals surface area (Å²) in [5, 5.41) is 4.88. The van der Waals surface area contributed by atoms with Crippen LogP contribution in [0.25, 0.3) is 11.0 Å². The number of carbonyl (C=O) groups is 2. The van der Waals surface area contributed by atoms with Gasteiger partial charge < -0.3 is 10.2 Å². The van der Waals surface area contributed by atoms with E-state index in [1.54, 1.807) is 22.4 Å². The molecule has 0 aliphatic carbocycles. The number of rotatable bonds is 4. The van der Waals surface area contributed by atoms with Crippen LogP contribution in [0.5, 0.6) is 0 Å². The molecule has 26 heavy (non-hydrogen) atoms. The van der Waals surface area contributed by atoms with Gasteiger partial charge in [0.2, 0.25) is 11.8 Å². The lowest BCUT2D eigenvalue weighted by Crippen LogP contribution is -2.35. The summed E-state index contributed by atoms with van der Waals surface area (Å²) >= 11 is 1.55. The smallest absolute Gasteiger partial charge is 0.223 e. The van der Waals surface area contributed by atoms with E-state index in [-0.39, 0.29) is 24.3 Å². The van der Waals surface area contributed by atoms with E-state index in [2.05, 4.69) is 10.3 Å². The molecule has 2 amide bonds. The van der Waals surface area contributed by atoms with Gasteiger partial charge in [-0.15, -0.1) is 11.3 Å². The van der Waals surface area contributed by atoms with E-state index in [0.29, 0.717) is 6.54 Å². The molecule has 0 saturated carbocycles. The van der Waals surface area contributed by atoms with Crippen LogP contribution in [0, 0.1) is 0 Å². The van der Waals surface area contributed by atoms with Crippen molar-refractivity contribution in [1.29, 1.82) is 0 Å². The third-order valence-corrected chi connectivity index (χ3v) is 5.23. The molecule has 6 nitrogen and oxygen atoms in total. The Morgan fingerprint density at radius 2 is 2.15 bits per heavy atom. The standard InChI is InChI=1S/C19H18N4O2S/c1-13(24)23-7-6-14-4-2-3-5-16(14)17(23)10-18(25)20-11-15-12-22-8-9-26-19(22)21-15/h2-9,12,17H,10-11H2,1H3,(H,20,25). The number of nitrogens with one attached hydrogen (secondary N) is 1. The molecule has 0 fully saturated rings. The van der Waals surface area contributed by atoms with E-state index in [4.69, 9.17) is 0 Å². The number of amides is 2. The molecule has 132 valence electrons. The molecule has 0 spiro atoms. The van der Waals surface area contributed by atoms with Crippen molar-refractivity contribution in [1.82, 2.24) is 19.6 Å². The summed E-state index contributed by atoms with van der Waals surface area (Å²) in [4.78, 5) is 31.5. The Morgan fingerprint density at radius 3 is 2.96 bits per heavy atom. The van der Waals surface area contributed by atoms with Crippen LogP contribution in [0.4, 0.5) is 0 Å². The maximum Gasteiger partial charge on any atom is 0.223 e. The van der Waals surface area contributed by atoms with Crippen LogP contribution in [0.3, 0.4) is 0 Å². The number of carbonyl (C=O) groups excluding carboxylic acids is 2. The van der Waals surface area contributed by atoms with Gasteiger partial charge in [0.25, 0.3) is 0 Å². The Balaban J connectivity index is 1.47. The summed E-state index contributed by atoms with van der Waals surface area (Å²) < 4.78 is 1.94. The first-order valence-electron chi connectivity index (χ1n) is 8.35. The molecule has 4 rings (SSSR count). The number of aromatic nitrogens is 2. The van der Waals surface area contributed by atoms with Crippen LogP contribution >= 0.6 is 11.3 Å². The Morgan fingerprint density at radius 1 is 1.31 bits per heavy atom. The van der Waals surface area contributed by atoms with Crippen molar-refractivity contribution < 1.29 is 9.59 Å². The highest BCUT2D eigenvalue weighted by atomic mass is 32.1. The van der Waals surface area contributed by atoms with E-state index in [0.717, 1.165) is 21.8 Å². The molecule has 1 aliphatic rings. The second kappa shape index (κ2) is 6.76. The van der Waals surface area contributed by atoms with Crippen LogP contribution in [-0.4, -0.2) is 26.1 Å². The number of hydrogen-bond acceptors (Lipinski definition) is 4. The second-order valence-electron chi connectivity index (χ2n) is 6.19. The number of fused-ring (bicyclic) bond motifs is 2. The number of hydrogen-bond donors (Lipinski definition) is 1. The molecule has 1 unspecified atom stereocenters. The van der Waals surface area contributed by atoms with Crippen LogP contribution in [-0.2, 0) is 16.1 Å². The lowest BCUT2D eigenvalue weighted by molar-refractivity contribution is -0.130. The Bertz CT molecular complexity index is 975. The second-order valence-corrected chi connectivity index (χ2v) is 7.07. The van der Waals surface area contributed by atoms with Crippen molar-refractivity contribution in [2.24, 2.45) is 0 Å². The van der Waals surface area contributed by atoms with Gasteiger partial charge in [0.1, 0.15) is 0 Å². The van der Waals surface area contributed by atoms with Crippen molar-refractivity contribution >= 4 is 34.2 Å². The van der Waals surface area contributed by atoms with Crippen molar-refractivity contribution in [2.45, 2.75) is 25.9 Å². The van der Waals surface area contributed by atoms with Crippen LogP contribution in [0.15, 0.2) is 48.2 Å². The zero-order valence-electron chi connectivity index (χ0n) is 14.3. The Hall–Kier alpha value is -2.93. The molecule has 3 heterocycles. The van der Waals surface area contributed by atoms with Gasteiger partial charge in [-0.25, -0.2) is 4.98 Å². The van der Waals surface area contributed by atoms with Gasteiger partial charge in [-0.3, -0.25) is 14.0 Å². The fourth-order valence-electron chi connectivity index (χ4n) is 3.21. The van der Waals surface area contributed by atoms with Crippen molar-refractivity contribution in [3.05, 3.63) is 65.1 Å². The monoisotopic (exact) mass is 366 g/mol. The van der Waals surface area contributed by atoms with E-state index >= 15 is 0 Å². The zero-order valence-corrected chi connectivity index (χ0v) is 15.1. The molecule has 1 N–H and O–H groups in total. The molecule has 7 heteroatoms. The normalized spacial score (nSPS) is 15.9. The maximum absolute atomic E-state index is 12.5. The summed E-state index contributed by atoms with van der Waals surface area (Å²) in [6.07, 6.45) is 7.72. The fraction of sp³-hybridized carbons (Fsp3) is 0.211. The Kier molecular flexibility index (Phi) is 4.30. The van der Waals surface area contributed by atoms with E-state index in [1.165, 1.54) is 6.92 Å². The summed E-state index contributed by atoms with van der Waals surface area (Å²) in [5.74, 6) is -0.189. The Labute approximate surface area is 154 Å². The average molecular weight is 366 g/mol. The predicted octanol–water partition coefficient (Wildman–Crippen LogP) is 2.98. The predicted molar refractivity (Wildman–Crippen MR) is 100 cm³/mol. The summed E-state index contributed by atoms with van der Waals surface area (Å²) in [6.45, 7) is 1.89. The molecule has 1 aliphatic heterocycles. The lowest BCUT2D eigenvalue weighted by atomic mass is 9.93. The van der Waals surface area contributed by atoms with Crippen LogP contribution in [0.2, 0.25) is 0 Å². The minimum absolute atomic E-state index is 0.0807. The minimum atomic E-state index is -0.292. The van der Waals surface area contributed by atoms with Gasteiger partial charge in [-0.2, -0.15) is 0 Å². The molecule has 2 aromatic heterocycles. The average Bonchev–Trinajstić information content (AvgIpc) is 3.21. The first kappa shape index (κ1) is 16.5. The number of imidazole rings is 1. The summed E-state index contributed by atoms with van der Waals surface area (Å²) in [7, 11) is 0. The number of benzene rings is 1. The highest BCUT2D eigenvalue weighted by Gasteiger charge is 2.28. The summed E-state index contributed by atoms with van der Waals surface area (Å²) in [5.41, 5.74) is 2.84. The largest absolute Gasteiger partial charge is 0.350 e. The molecule has 0 radical (unpaired) electrons. The third-order valence-electron chi connectivity index (χ3n) is 4.46. The molecule has 0 bridgehead atoms.